The Morgan fingerprint density at radius 1 is 1.21 bits per heavy atom. The molecule has 0 aliphatic rings. The summed E-state index contributed by atoms with van der Waals surface area (Å²) in [5, 5.41) is 3.02. The number of carbonyl (C=O) groups is 1. The highest BCUT2D eigenvalue weighted by molar-refractivity contribution is 5.78. The number of hydrogen-bond acceptors (Lipinski definition) is 2. The molecule has 0 bridgehead atoms. The van der Waals surface area contributed by atoms with Gasteiger partial charge in [0.15, 0.2) is 0 Å². The molecule has 0 aliphatic heterocycles. The smallest absolute Gasteiger partial charge is 0.224 e. The lowest BCUT2D eigenvalue weighted by Crippen LogP contribution is -2.34. The van der Waals surface area contributed by atoms with Crippen LogP contribution >= 0.6 is 0 Å². The van der Waals surface area contributed by atoms with E-state index >= 15 is 0 Å². The second-order valence-corrected chi connectivity index (χ2v) is 5.30. The van der Waals surface area contributed by atoms with Gasteiger partial charge in [-0.1, -0.05) is 13.0 Å². The van der Waals surface area contributed by atoms with E-state index in [4.69, 9.17) is 5.73 Å². The Kier molecular flexibility index (Phi) is 5.55. The molecule has 0 saturated carbocycles. The molecule has 0 heterocycles. The molecule has 1 rings (SSSR count). The zero-order chi connectivity index (χ0) is 14.6. The first-order valence-corrected chi connectivity index (χ1v) is 6.96. The summed E-state index contributed by atoms with van der Waals surface area (Å²) in [6, 6.07) is 2.20. The van der Waals surface area contributed by atoms with Gasteiger partial charge < -0.3 is 11.1 Å². The van der Waals surface area contributed by atoms with Gasteiger partial charge in [0.25, 0.3) is 0 Å². The highest BCUT2D eigenvalue weighted by atomic mass is 16.1. The van der Waals surface area contributed by atoms with Crippen molar-refractivity contribution in [1.29, 1.82) is 0 Å². The molecule has 0 fully saturated rings. The first kappa shape index (κ1) is 15.7. The van der Waals surface area contributed by atoms with Crippen LogP contribution in [0.2, 0.25) is 0 Å². The van der Waals surface area contributed by atoms with E-state index in [0.717, 1.165) is 6.42 Å². The maximum atomic E-state index is 12.0. The van der Waals surface area contributed by atoms with Crippen molar-refractivity contribution < 1.29 is 4.79 Å². The number of hydrogen-bond donors (Lipinski definition) is 2. The fourth-order valence-corrected chi connectivity index (χ4v) is 2.34. The summed E-state index contributed by atoms with van der Waals surface area (Å²) < 4.78 is 0. The summed E-state index contributed by atoms with van der Waals surface area (Å²) in [5.74, 6) is -0.0190. The number of aryl methyl sites for hydroxylation is 2. The van der Waals surface area contributed by atoms with Crippen LogP contribution in [0, 0.1) is 33.6 Å². The third-order valence-electron chi connectivity index (χ3n) is 4.11. The summed E-state index contributed by atoms with van der Waals surface area (Å²) in [7, 11) is 0. The maximum Gasteiger partial charge on any atom is 0.224 e. The van der Waals surface area contributed by atoms with Crippen molar-refractivity contribution in [3.8, 4) is 0 Å². The third kappa shape index (κ3) is 3.57. The van der Waals surface area contributed by atoms with Crippen LogP contribution in [-0.2, 0) is 11.3 Å². The Bertz CT molecular complexity index is 436. The van der Waals surface area contributed by atoms with Crippen molar-refractivity contribution in [2.75, 3.05) is 6.54 Å². The monoisotopic (exact) mass is 262 g/mol. The van der Waals surface area contributed by atoms with Gasteiger partial charge in [-0.25, -0.2) is 0 Å². The molecule has 1 atom stereocenters. The Hall–Kier alpha value is -1.35. The topological polar surface area (TPSA) is 55.1 Å². The lowest BCUT2D eigenvalue weighted by Gasteiger charge is -2.18. The summed E-state index contributed by atoms with van der Waals surface area (Å²) in [4.78, 5) is 12.0. The van der Waals surface area contributed by atoms with Crippen LogP contribution in [0.3, 0.4) is 0 Å². The van der Waals surface area contributed by atoms with Gasteiger partial charge in [0.2, 0.25) is 5.91 Å². The Morgan fingerprint density at radius 2 is 1.74 bits per heavy atom. The highest BCUT2D eigenvalue weighted by Gasteiger charge is 2.15. The van der Waals surface area contributed by atoms with Crippen molar-refractivity contribution in [2.45, 2.75) is 47.6 Å². The van der Waals surface area contributed by atoms with Crippen LogP contribution in [0.15, 0.2) is 6.07 Å². The van der Waals surface area contributed by atoms with Crippen molar-refractivity contribution in [3.05, 3.63) is 33.9 Å². The summed E-state index contributed by atoms with van der Waals surface area (Å²) >= 11 is 0. The first-order chi connectivity index (χ1) is 8.92. The van der Waals surface area contributed by atoms with E-state index in [1.165, 1.54) is 27.8 Å². The SMILES string of the molecule is CCC(CN)C(=O)NCc1c(C)c(C)cc(C)c1C. The first-order valence-electron chi connectivity index (χ1n) is 6.96. The molecule has 0 saturated heterocycles. The van der Waals surface area contributed by atoms with Crippen LogP contribution in [0.4, 0.5) is 0 Å². The number of nitrogens with two attached hydrogens (primary N) is 1. The maximum absolute atomic E-state index is 12.0. The Morgan fingerprint density at radius 3 is 2.16 bits per heavy atom. The van der Waals surface area contributed by atoms with Gasteiger partial charge in [-0.2, -0.15) is 0 Å². The molecule has 0 spiro atoms. The van der Waals surface area contributed by atoms with Gasteiger partial charge >= 0.3 is 0 Å². The number of nitrogens with one attached hydrogen (secondary N) is 1. The summed E-state index contributed by atoms with van der Waals surface area (Å²) in [6.45, 7) is 11.4. The minimum Gasteiger partial charge on any atom is -0.352 e. The van der Waals surface area contributed by atoms with Crippen LogP contribution in [-0.4, -0.2) is 12.5 Å². The average molecular weight is 262 g/mol. The summed E-state index contributed by atoms with van der Waals surface area (Å²) in [5.41, 5.74) is 11.9. The summed E-state index contributed by atoms with van der Waals surface area (Å²) in [6.07, 6.45) is 0.785. The zero-order valence-electron chi connectivity index (χ0n) is 12.8. The van der Waals surface area contributed by atoms with Crippen LogP contribution in [0.1, 0.15) is 41.2 Å². The van der Waals surface area contributed by atoms with Crippen molar-refractivity contribution in [3.63, 3.8) is 0 Å². The number of carbonyl (C=O) groups excluding carboxylic acids is 1. The van der Waals surface area contributed by atoms with Crippen LogP contribution in [0.5, 0.6) is 0 Å². The van der Waals surface area contributed by atoms with Crippen molar-refractivity contribution in [2.24, 2.45) is 11.7 Å². The molecule has 3 N–H and O–H groups in total. The van der Waals surface area contributed by atoms with Gasteiger partial charge in [0.1, 0.15) is 0 Å². The Balaban J connectivity index is 2.87. The second-order valence-electron chi connectivity index (χ2n) is 5.30. The molecule has 1 amide bonds. The van der Waals surface area contributed by atoms with E-state index in [1.54, 1.807) is 0 Å². The quantitative estimate of drug-likeness (QED) is 0.856. The molecular formula is C16H26N2O. The second kappa shape index (κ2) is 6.71. The molecule has 1 aromatic rings. The largest absolute Gasteiger partial charge is 0.352 e. The van der Waals surface area contributed by atoms with Gasteiger partial charge in [-0.15, -0.1) is 0 Å². The Labute approximate surface area is 116 Å². The predicted octanol–water partition coefficient (Wildman–Crippen LogP) is 2.52. The molecule has 0 radical (unpaired) electrons. The minimum atomic E-state index is -0.0773. The molecule has 0 aliphatic carbocycles. The number of rotatable bonds is 5. The van der Waals surface area contributed by atoms with E-state index in [0.29, 0.717) is 13.1 Å². The molecule has 106 valence electrons. The molecule has 0 aromatic heterocycles. The van der Waals surface area contributed by atoms with Gasteiger partial charge in [-0.05, 0) is 61.9 Å². The molecular weight excluding hydrogens is 236 g/mol. The average Bonchev–Trinajstić information content (AvgIpc) is 2.38. The van der Waals surface area contributed by atoms with Gasteiger partial charge in [0.05, 0.1) is 0 Å². The lowest BCUT2D eigenvalue weighted by atomic mass is 9.94. The van der Waals surface area contributed by atoms with E-state index in [-0.39, 0.29) is 11.8 Å². The fraction of sp³-hybridized carbons (Fsp3) is 0.562. The van der Waals surface area contributed by atoms with E-state index < -0.39 is 0 Å². The molecule has 19 heavy (non-hydrogen) atoms. The van der Waals surface area contributed by atoms with Crippen molar-refractivity contribution in [1.82, 2.24) is 5.32 Å². The van der Waals surface area contributed by atoms with Gasteiger partial charge in [0, 0.05) is 19.0 Å². The van der Waals surface area contributed by atoms with E-state index in [2.05, 4.69) is 39.1 Å². The predicted molar refractivity (Wildman–Crippen MR) is 80.1 cm³/mol. The van der Waals surface area contributed by atoms with Crippen molar-refractivity contribution >= 4 is 5.91 Å². The van der Waals surface area contributed by atoms with E-state index in [9.17, 15) is 4.79 Å². The van der Waals surface area contributed by atoms with Crippen LogP contribution in [0.25, 0.3) is 0 Å². The molecule has 1 aromatic carbocycles. The van der Waals surface area contributed by atoms with Gasteiger partial charge in [-0.3, -0.25) is 4.79 Å². The molecule has 1 unspecified atom stereocenters. The standard InChI is InChI=1S/C16H26N2O/c1-6-14(8-17)16(19)18-9-15-12(4)10(2)7-11(3)13(15)5/h7,14H,6,8-9,17H2,1-5H3,(H,18,19). The zero-order valence-corrected chi connectivity index (χ0v) is 12.8. The third-order valence-corrected chi connectivity index (χ3v) is 4.11. The van der Waals surface area contributed by atoms with Crippen LogP contribution < -0.4 is 11.1 Å². The fourth-order valence-electron chi connectivity index (χ4n) is 2.34. The lowest BCUT2D eigenvalue weighted by molar-refractivity contribution is -0.124. The minimum absolute atomic E-state index is 0.0583. The number of amides is 1. The molecule has 3 nitrogen and oxygen atoms in total. The highest BCUT2D eigenvalue weighted by Crippen LogP contribution is 2.21. The normalized spacial score (nSPS) is 12.3. The number of benzene rings is 1. The van der Waals surface area contributed by atoms with E-state index in [1.807, 2.05) is 6.92 Å². The molecule has 3 heteroatoms.